The number of amides is 1. The fourth-order valence-corrected chi connectivity index (χ4v) is 3.71. The quantitative estimate of drug-likeness (QED) is 0.728. The predicted octanol–water partition coefficient (Wildman–Crippen LogP) is 1.11. The molecule has 0 atom stereocenters. The van der Waals surface area contributed by atoms with Crippen LogP contribution in [0.4, 0.5) is 0 Å². The lowest BCUT2D eigenvalue weighted by molar-refractivity contribution is -0.143. The SMILES string of the molecule is O=C(O)CN(C(=O)CS(=O)(=O)CCCc1ccccc1)C1CC1. The molecule has 6 nitrogen and oxygen atoms in total. The van der Waals surface area contributed by atoms with Gasteiger partial charge in [-0.2, -0.15) is 0 Å². The topological polar surface area (TPSA) is 91.8 Å². The Bertz CT molecular complexity index is 652. The van der Waals surface area contributed by atoms with Crippen LogP contribution in [0.25, 0.3) is 0 Å². The summed E-state index contributed by atoms with van der Waals surface area (Å²) in [6.45, 7) is -0.428. The van der Waals surface area contributed by atoms with Crippen molar-refractivity contribution in [3.05, 3.63) is 35.9 Å². The first-order valence-corrected chi connectivity index (χ1v) is 9.45. The molecule has 0 bridgehead atoms. The molecule has 126 valence electrons. The third-order valence-electron chi connectivity index (χ3n) is 3.72. The number of aryl methyl sites for hydroxylation is 1. The van der Waals surface area contributed by atoms with Crippen molar-refractivity contribution in [2.75, 3.05) is 18.1 Å². The predicted molar refractivity (Wildman–Crippen MR) is 85.8 cm³/mol. The van der Waals surface area contributed by atoms with Gasteiger partial charge in [0.2, 0.25) is 5.91 Å². The molecule has 1 aliphatic rings. The molecule has 23 heavy (non-hydrogen) atoms. The highest BCUT2D eigenvalue weighted by Crippen LogP contribution is 2.26. The van der Waals surface area contributed by atoms with Gasteiger partial charge in [0, 0.05) is 6.04 Å². The maximum atomic E-state index is 12.1. The summed E-state index contributed by atoms with van der Waals surface area (Å²) in [5.41, 5.74) is 1.06. The molecular weight excluding hydrogens is 318 g/mol. The summed E-state index contributed by atoms with van der Waals surface area (Å²) in [6.07, 6.45) is 2.57. The second kappa shape index (κ2) is 7.59. The van der Waals surface area contributed by atoms with Crippen LogP contribution < -0.4 is 0 Å². The van der Waals surface area contributed by atoms with Gasteiger partial charge in [0.1, 0.15) is 12.3 Å². The summed E-state index contributed by atoms with van der Waals surface area (Å²) >= 11 is 0. The second-order valence-corrected chi connectivity index (χ2v) is 8.01. The molecule has 0 aromatic heterocycles. The van der Waals surface area contributed by atoms with E-state index in [9.17, 15) is 18.0 Å². The Labute approximate surface area is 136 Å². The van der Waals surface area contributed by atoms with E-state index in [4.69, 9.17) is 5.11 Å². The minimum atomic E-state index is -3.52. The Hall–Kier alpha value is -1.89. The van der Waals surface area contributed by atoms with Gasteiger partial charge < -0.3 is 10.0 Å². The van der Waals surface area contributed by atoms with Gasteiger partial charge in [-0.25, -0.2) is 8.42 Å². The van der Waals surface area contributed by atoms with E-state index in [0.29, 0.717) is 12.8 Å². The van der Waals surface area contributed by atoms with Crippen LogP contribution in [0.15, 0.2) is 30.3 Å². The normalized spacial score (nSPS) is 14.4. The molecule has 1 fully saturated rings. The summed E-state index contributed by atoms with van der Waals surface area (Å²) in [7, 11) is -3.52. The molecule has 1 aliphatic carbocycles. The van der Waals surface area contributed by atoms with E-state index in [1.165, 1.54) is 4.90 Å². The van der Waals surface area contributed by atoms with E-state index < -0.39 is 34.0 Å². The van der Waals surface area contributed by atoms with Crippen molar-refractivity contribution in [1.29, 1.82) is 0 Å². The molecular formula is C16H21NO5S. The third kappa shape index (κ3) is 6.02. The number of carbonyl (C=O) groups is 2. The summed E-state index contributed by atoms with van der Waals surface area (Å²) in [5.74, 6) is -2.40. The van der Waals surface area contributed by atoms with Crippen LogP contribution in [0.5, 0.6) is 0 Å². The lowest BCUT2D eigenvalue weighted by Crippen LogP contribution is -2.41. The van der Waals surface area contributed by atoms with Crippen molar-refractivity contribution in [3.8, 4) is 0 Å². The number of rotatable bonds is 9. The minimum Gasteiger partial charge on any atom is -0.480 e. The lowest BCUT2D eigenvalue weighted by Gasteiger charge is -2.20. The molecule has 1 N–H and O–H groups in total. The van der Waals surface area contributed by atoms with E-state index in [1.54, 1.807) is 0 Å². The summed E-state index contributed by atoms with van der Waals surface area (Å²) < 4.78 is 24.1. The minimum absolute atomic E-state index is 0.0702. The van der Waals surface area contributed by atoms with Crippen molar-refractivity contribution in [2.45, 2.75) is 31.7 Å². The largest absolute Gasteiger partial charge is 0.480 e. The Morgan fingerprint density at radius 1 is 1.17 bits per heavy atom. The molecule has 0 saturated heterocycles. The number of carbonyl (C=O) groups excluding carboxylic acids is 1. The zero-order valence-electron chi connectivity index (χ0n) is 12.8. The van der Waals surface area contributed by atoms with Crippen LogP contribution >= 0.6 is 0 Å². The molecule has 1 aromatic carbocycles. The third-order valence-corrected chi connectivity index (χ3v) is 5.32. The average molecular weight is 339 g/mol. The first-order chi connectivity index (χ1) is 10.9. The Morgan fingerprint density at radius 3 is 2.39 bits per heavy atom. The Balaban J connectivity index is 1.84. The van der Waals surface area contributed by atoms with E-state index in [2.05, 4.69) is 0 Å². The zero-order chi connectivity index (χ0) is 16.9. The molecule has 0 spiro atoms. The smallest absolute Gasteiger partial charge is 0.323 e. The van der Waals surface area contributed by atoms with E-state index in [-0.39, 0.29) is 11.8 Å². The van der Waals surface area contributed by atoms with E-state index in [1.807, 2.05) is 30.3 Å². The average Bonchev–Trinajstić information content (AvgIpc) is 3.29. The lowest BCUT2D eigenvalue weighted by atomic mass is 10.1. The van der Waals surface area contributed by atoms with E-state index in [0.717, 1.165) is 18.4 Å². The molecule has 0 unspecified atom stereocenters. The molecule has 0 heterocycles. The van der Waals surface area contributed by atoms with Crippen LogP contribution in [-0.2, 0) is 25.8 Å². The van der Waals surface area contributed by atoms with Crippen molar-refractivity contribution < 1.29 is 23.1 Å². The van der Waals surface area contributed by atoms with Gasteiger partial charge in [-0.1, -0.05) is 30.3 Å². The number of nitrogens with zero attached hydrogens (tertiary/aromatic N) is 1. The molecule has 0 radical (unpaired) electrons. The molecule has 2 rings (SSSR count). The highest BCUT2D eigenvalue weighted by molar-refractivity contribution is 7.92. The Morgan fingerprint density at radius 2 is 1.83 bits per heavy atom. The number of hydrogen-bond donors (Lipinski definition) is 1. The number of benzene rings is 1. The van der Waals surface area contributed by atoms with Crippen LogP contribution in [0.2, 0.25) is 0 Å². The number of carboxylic acid groups (broad SMARTS) is 1. The van der Waals surface area contributed by atoms with Crippen LogP contribution in [0.1, 0.15) is 24.8 Å². The molecule has 7 heteroatoms. The van der Waals surface area contributed by atoms with Crippen molar-refractivity contribution in [1.82, 2.24) is 4.90 Å². The van der Waals surface area contributed by atoms with Crippen molar-refractivity contribution in [3.63, 3.8) is 0 Å². The summed E-state index contributed by atoms with van der Waals surface area (Å²) in [4.78, 5) is 24.1. The molecule has 0 aliphatic heterocycles. The number of hydrogen-bond acceptors (Lipinski definition) is 4. The van der Waals surface area contributed by atoms with Gasteiger partial charge in [-0.3, -0.25) is 9.59 Å². The first kappa shape index (κ1) is 17.5. The summed E-state index contributed by atoms with van der Waals surface area (Å²) in [5, 5.41) is 8.83. The fourth-order valence-electron chi connectivity index (χ4n) is 2.44. The molecule has 1 saturated carbocycles. The molecule has 1 amide bonds. The maximum absolute atomic E-state index is 12.1. The van der Waals surface area contributed by atoms with E-state index >= 15 is 0 Å². The van der Waals surface area contributed by atoms with Gasteiger partial charge in [-0.05, 0) is 31.2 Å². The summed E-state index contributed by atoms with van der Waals surface area (Å²) in [6, 6.07) is 9.44. The standard InChI is InChI=1S/C16H21NO5S/c18-15(17(11-16(19)20)14-8-9-14)12-23(21,22)10-4-7-13-5-2-1-3-6-13/h1-3,5-6,14H,4,7-12H2,(H,19,20). The number of aliphatic carboxylic acids is 1. The van der Waals surface area contributed by atoms with Crippen molar-refractivity contribution >= 4 is 21.7 Å². The molecule has 1 aromatic rings. The van der Waals surface area contributed by atoms with Gasteiger partial charge in [0.25, 0.3) is 0 Å². The van der Waals surface area contributed by atoms with Gasteiger partial charge >= 0.3 is 5.97 Å². The number of sulfone groups is 1. The van der Waals surface area contributed by atoms with Crippen molar-refractivity contribution in [2.24, 2.45) is 0 Å². The van der Waals surface area contributed by atoms with Crippen LogP contribution in [-0.4, -0.2) is 54.4 Å². The van der Waals surface area contributed by atoms with Gasteiger partial charge in [0.15, 0.2) is 9.84 Å². The second-order valence-electron chi connectivity index (χ2n) is 5.83. The van der Waals surface area contributed by atoms with Crippen LogP contribution in [0, 0.1) is 0 Å². The monoisotopic (exact) mass is 339 g/mol. The zero-order valence-corrected chi connectivity index (χ0v) is 13.7. The highest BCUT2D eigenvalue weighted by atomic mass is 32.2. The van der Waals surface area contributed by atoms with Crippen LogP contribution in [0.3, 0.4) is 0 Å². The number of carboxylic acids is 1. The fraction of sp³-hybridized carbons (Fsp3) is 0.500. The van der Waals surface area contributed by atoms with Gasteiger partial charge in [-0.15, -0.1) is 0 Å². The maximum Gasteiger partial charge on any atom is 0.323 e. The Kier molecular flexibility index (Phi) is 5.76. The highest BCUT2D eigenvalue weighted by Gasteiger charge is 2.35. The van der Waals surface area contributed by atoms with Gasteiger partial charge in [0.05, 0.1) is 5.75 Å². The first-order valence-electron chi connectivity index (χ1n) is 7.63.